The fraction of sp³-hybridized carbons (Fsp3) is 0.400. The molecule has 156 valence electrons. The Balaban J connectivity index is 0.00000392. The molecule has 0 saturated carbocycles. The van der Waals surface area contributed by atoms with Crippen LogP contribution in [0.1, 0.15) is 24.5 Å². The second-order valence-corrected chi connectivity index (χ2v) is 7.56. The number of benzene rings is 2. The Morgan fingerprint density at radius 3 is 2.61 bits per heavy atom. The van der Waals surface area contributed by atoms with Crippen LogP contribution in [0.4, 0.5) is 0 Å². The van der Waals surface area contributed by atoms with E-state index in [0.29, 0.717) is 28.2 Å². The highest BCUT2D eigenvalue weighted by Gasteiger charge is 2.13. The van der Waals surface area contributed by atoms with Gasteiger partial charge in [-0.25, -0.2) is 0 Å². The van der Waals surface area contributed by atoms with Gasteiger partial charge in [0.15, 0.2) is 11.5 Å². The van der Waals surface area contributed by atoms with Crippen molar-refractivity contribution in [3.05, 3.63) is 56.0 Å². The van der Waals surface area contributed by atoms with Gasteiger partial charge in [0.05, 0.1) is 11.6 Å². The molecule has 0 aromatic heterocycles. The SMILES string of the molecule is CCOCCCNCc1cc(Br)c(OCc2ccc(Cl)cc2Cl)c(OC)c1.Cl. The van der Waals surface area contributed by atoms with Crippen LogP contribution < -0.4 is 14.8 Å². The first-order valence-electron chi connectivity index (χ1n) is 8.76. The van der Waals surface area contributed by atoms with Crippen LogP contribution in [0.5, 0.6) is 11.5 Å². The summed E-state index contributed by atoms with van der Waals surface area (Å²) < 4.78 is 17.6. The maximum Gasteiger partial charge on any atom is 0.175 e. The van der Waals surface area contributed by atoms with Crippen LogP contribution >= 0.6 is 51.5 Å². The summed E-state index contributed by atoms with van der Waals surface area (Å²) in [7, 11) is 1.63. The Morgan fingerprint density at radius 1 is 1.14 bits per heavy atom. The average molecular weight is 514 g/mol. The van der Waals surface area contributed by atoms with Gasteiger partial charge in [0.2, 0.25) is 0 Å². The normalized spacial score (nSPS) is 10.5. The van der Waals surface area contributed by atoms with Gasteiger partial charge in [-0.05, 0) is 65.6 Å². The number of methoxy groups -OCH3 is 1. The summed E-state index contributed by atoms with van der Waals surface area (Å²) >= 11 is 15.7. The predicted octanol–water partition coefficient (Wildman–Crippen LogP) is 6.28. The molecule has 0 amide bonds. The van der Waals surface area contributed by atoms with Gasteiger partial charge in [-0.1, -0.05) is 29.3 Å². The van der Waals surface area contributed by atoms with Crippen LogP contribution in [-0.2, 0) is 17.9 Å². The number of halogens is 4. The van der Waals surface area contributed by atoms with Gasteiger partial charge in [0, 0.05) is 35.4 Å². The zero-order valence-corrected chi connectivity index (χ0v) is 19.8. The molecule has 0 aliphatic heterocycles. The van der Waals surface area contributed by atoms with E-state index in [1.54, 1.807) is 19.2 Å². The number of rotatable bonds is 11. The molecule has 0 radical (unpaired) electrons. The summed E-state index contributed by atoms with van der Waals surface area (Å²) in [5.41, 5.74) is 1.96. The summed E-state index contributed by atoms with van der Waals surface area (Å²) in [6.07, 6.45) is 0.981. The minimum atomic E-state index is 0. The van der Waals surface area contributed by atoms with Crippen molar-refractivity contribution in [3.63, 3.8) is 0 Å². The highest BCUT2D eigenvalue weighted by atomic mass is 79.9. The Bertz CT molecular complexity index is 747. The lowest BCUT2D eigenvalue weighted by Gasteiger charge is -2.15. The van der Waals surface area contributed by atoms with Crippen LogP contribution in [-0.4, -0.2) is 26.9 Å². The molecule has 2 aromatic rings. The van der Waals surface area contributed by atoms with Gasteiger partial charge in [-0.2, -0.15) is 0 Å². The molecule has 0 spiro atoms. The van der Waals surface area contributed by atoms with Crippen molar-refractivity contribution < 1.29 is 14.2 Å². The molecule has 0 heterocycles. The van der Waals surface area contributed by atoms with Crippen LogP contribution in [0.3, 0.4) is 0 Å². The van der Waals surface area contributed by atoms with Gasteiger partial charge in [-0.15, -0.1) is 12.4 Å². The minimum absolute atomic E-state index is 0. The molecular weight excluding hydrogens is 488 g/mol. The van der Waals surface area contributed by atoms with Gasteiger partial charge in [0.25, 0.3) is 0 Å². The van der Waals surface area contributed by atoms with E-state index < -0.39 is 0 Å². The van der Waals surface area contributed by atoms with Crippen molar-refractivity contribution in [1.82, 2.24) is 5.32 Å². The number of hydrogen-bond acceptors (Lipinski definition) is 4. The summed E-state index contributed by atoms with van der Waals surface area (Å²) in [6, 6.07) is 9.34. The predicted molar refractivity (Wildman–Crippen MR) is 122 cm³/mol. The molecule has 0 fully saturated rings. The first-order chi connectivity index (χ1) is 13.0. The second-order valence-electron chi connectivity index (χ2n) is 5.86. The third-order valence-electron chi connectivity index (χ3n) is 3.85. The monoisotopic (exact) mass is 511 g/mol. The molecule has 0 atom stereocenters. The Morgan fingerprint density at radius 2 is 1.93 bits per heavy atom. The lowest BCUT2D eigenvalue weighted by Crippen LogP contribution is -2.16. The lowest BCUT2D eigenvalue weighted by atomic mass is 10.2. The largest absolute Gasteiger partial charge is 0.493 e. The summed E-state index contributed by atoms with van der Waals surface area (Å²) in [5, 5.41) is 4.57. The number of hydrogen-bond donors (Lipinski definition) is 1. The molecular formula is C20H25BrCl3NO3. The fourth-order valence-corrected chi connectivity index (χ4v) is 3.55. The summed E-state index contributed by atoms with van der Waals surface area (Å²) in [4.78, 5) is 0. The Kier molecular flexibility index (Phi) is 12.2. The van der Waals surface area contributed by atoms with Gasteiger partial charge in [0.1, 0.15) is 6.61 Å². The minimum Gasteiger partial charge on any atom is -0.493 e. The third-order valence-corrected chi connectivity index (χ3v) is 5.03. The second kappa shape index (κ2) is 13.5. The Labute approximate surface area is 191 Å². The molecule has 4 nitrogen and oxygen atoms in total. The van der Waals surface area contributed by atoms with E-state index >= 15 is 0 Å². The third kappa shape index (κ3) is 7.97. The van der Waals surface area contributed by atoms with Crippen LogP contribution in [0.2, 0.25) is 10.0 Å². The zero-order valence-electron chi connectivity index (χ0n) is 15.9. The molecule has 0 aliphatic rings. The molecule has 0 bridgehead atoms. The highest BCUT2D eigenvalue weighted by molar-refractivity contribution is 9.10. The van der Waals surface area contributed by atoms with Crippen molar-refractivity contribution in [2.24, 2.45) is 0 Å². The fourth-order valence-electron chi connectivity index (χ4n) is 2.48. The van der Waals surface area contributed by atoms with Crippen molar-refractivity contribution in [1.29, 1.82) is 0 Å². The number of ether oxygens (including phenoxy) is 3. The molecule has 28 heavy (non-hydrogen) atoms. The summed E-state index contributed by atoms with van der Waals surface area (Å²) in [5.74, 6) is 1.31. The van der Waals surface area contributed by atoms with Gasteiger partial charge >= 0.3 is 0 Å². The van der Waals surface area contributed by atoms with Crippen molar-refractivity contribution in [2.45, 2.75) is 26.5 Å². The maximum atomic E-state index is 6.21. The first kappa shape index (κ1) is 25.3. The van der Waals surface area contributed by atoms with Crippen molar-refractivity contribution in [3.8, 4) is 11.5 Å². The zero-order chi connectivity index (χ0) is 19.6. The molecule has 1 N–H and O–H groups in total. The average Bonchev–Trinajstić information content (AvgIpc) is 2.64. The number of nitrogens with one attached hydrogen (secondary N) is 1. The van der Waals surface area contributed by atoms with Crippen molar-refractivity contribution >= 4 is 51.5 Å². The maximum absolute atomic E-state index is 6.21. The van der Waals surface area contributed by atoms with E-state index in [0.717, 1.165) is 48.3 Å². The quantitative estimate of drug-likeness (QED) is 0.359. The molecule has 0 aliphatic carbocycles. The molecule has 2 aromatic carbocycles. The first-order valence-corrected chi connectivity index (χ1v) is 10.3. The van der Waals surface area contributed by atoms with Crippen molar-refractivity contribution in [2.75, 3.05) is 26.9 Å². The highest BCUT2D eigenvalue weighted by Crippen LogP contribution is 2.37. The van der Waals surface area contributed by atoms with E-state index in [-0.39, 0.29) is 12.4 Å². The van der Waals surface area contributed by atoms with Crippen LogP contribution in [0, 0.1) is 0 Å². The van der Waals surface area contributed by atoms with Gasteiger partial charge in [-0.3, -0.25) is 0 Å². The van der Waals surface area contributed by atoms with Crippen LogP contribution in [0.25, 0.3) is 0 Å². The van der Waals surface area contributed by atoms with Crippen LogP contribution in [0.15, 0.2) is 34.8 Å². The Hall–Kier alpha value is -0.690. The topological polar surface area (TPSA) is 39.7 Å². The molecule has 0 saturated heterocycles. The summed E-state index contributed by atoms with van der Waals surface area (Å²) in [6.45, 7) is 5.49. The standard InChI is InChI=1S/C20H24BrCl2NO3.ClH/c1-3-26-8-4-7-24-12-14-9-17(21)20(19(10-14)25-2)27-13-15-5-6-16(22)11-18(15)23;/h5-6,9-11,24H,3-4,7-8,12-13H2,1-2H3;1H. The molecule has 8 heteroatoms. The van der Waals surface area contributed by atoms with E-state index in [2.05, 4.69) is 21.2 Å². The van der Waals surface area contributed by atoms with E-state index in [9.17, 15) is 0 Å². The lowest BCUT2D eigenvalue weighted by molar-refractivity contribution is 0.144. The van der Waals surface area contributed by atoms with E-state index in [1.165, 1.54) is 0 Å². The van der Waals surface area contributed by atoms with E-state index in [4.69, 9.17) is 37.4 Å². The molecule has 2 rings (SSSR count). The smallest absolute Gasteiger partial charge is 0.175 e. The molecule has 0 unspecified atom stereocenters. The van der Waals surface area contributed by atoms with E-state index in [1.807, 2.05) is 25.1 Å². The van der Waals surface area contributed by atoms with Gasteiger partial charge < -0.3 is 19.5 Å².